The Hall–Kier alpha value is -7.69. The first-order valence-corrected chi connectivity index (χ1v) is 21.5. The molecule has 0 N–H and O–H groups in total. The quantitative estimate of drug-likeness (QED) is 0.174. The molecule has 1 atom stereocenters. The van der Waals surface area contributed by atoms with Crippen LogP contribution < -0.4 is 0 Å². The summed E-state index contributed by atoms with van der Waals surface area (Å²) in [6, 6.07) is 53.9. The third-order valence-electron chi connectivity index (χ3n) is 13.6. The molecular weight excluding hydrogens is 755 g/mol. The third kappa shape index (κ3) is 5.10. The van der Waals surface area contributed by atoms with Gasteiger partial charge in [0.1, 0.15) is 11.2 Å². The average Bonchev–Trinajstić information content (AvgIpc) is 3.95. The molecule has 0 spiro atoms. The zero-order valence-electron chi connectivity index (χ0n) is 34.4. The van der Waals surface area contributed by atoms with E-state index in [-0.39, 0.29) is 5.41 Å². The van der Waals surface area contributed by atoms with Gasteiger partial charge in [0.2, 0.25) is 0 Å². The van der Waals surface area contributed by atoms with Gasteiger partial charge in [0, 0.05) is 38.8 Å². The number of rotatable bonds is 5. The lowest BCUT2D eigenvalue weighted by molar-refractivity contribution is 0.661. The second kappa shape index (κ2) is 13.2. The molecule has 0 radical (unpaired) electrons. The SMILES string of the molecule is CC1(C)c2ccccc2-c2cccc(-c3nc(-c4ccccc4)nc(-c4cccc(-c5cccc6oc7ccc(-c8cccc9c8C8=C%10C9=CC=CC%10CC=C8)cc7c56)c4)n3)c21. The van der Waals surface area contributed by atoms with Gasteiger partial charge in [0.25, 0.3) is 0 Å². The van der Waals surface area contributed by atoms with Crippen LogP contribution in [0, 0.1) is 5.92 Å². The standard InChI is InChI=1S/C58H39N3O/c1-58(2)48-28-7-6-20-41(48)44-25-12-27-46(54(44)58)57-60-55(35-14-4-3-5-15-35)59-56(61-57)38-19-8-18-36(32-38)40-22-13-29-50-53(40)47-33-37(30-31-49(47)62-50)39-21-11-24-43-42-23-9-16-34-17-10-26-45(51(34)42)52(39)43/h3-16,18-34H,17H2,1-2H3. The van der Waals surface area contributed by atoms with Crippen molar-refractivity contribution < 1.29 is 4.42 Å². The molecule has 292 valence electrons. The fourth-order valence-corrected chi connectivity index (χ4v) is 10.8. The molecule has 0 fully saturated rings. The number of nitrogens with zero attached hydrogens (tertiary/aromatic N) is 3. The summed E-state index contributed by atoms with van der Waals surface area (Å²) in [6.45, 7) is 4.61. The van der Waals surface area contributed by atoms with Crippen molar-refractivity contribution in [2.75, 3.05) is 0 Å². The average molecular weight is 794 g/mol. The predicted octanol–water partition coefficient (Wildman–Crippen LogP) is 14.7. The fraction of sp³-hybridized carbons (Fsp3) is 0.0862. The van der Waals surface area contributed by atoms with Crippen molar-refractivity contribution in [3.8, 4) is 67.5 Å². The predicted molar refractivity (Wildman–Crippen MR) is 253 cm³/mol. The Morgan fingerprint density at radius 2 is 1.23 bits per heavy atom. The highest BCUT2D eigenvalue weighted by Crippen LogP contribution is 2.54. The Morgan fingerprint density at radius 3 is 2.13 bits per heavy atom. The minimum Gasteiger partial charge on any atom is -0.456 e. The molecule has 0 aliphatic heterocycles. The highest BCUT2D eigenvalue weighted by Gasteiger charge is 2.38. The van der Waals surface area contributed by atoms with Crippen molar-refractivity contribution in [1.29, 1.82) is 0 Å². The van der Waals surface area contributed by atoms with E-state index in [9.17, 15) is 0 Å². The second-order valence-electron chi connectivity index (χ2n) is 17.4. The van der Waals surface area contributed by atoms with Crippen molar-refractivity contribution in [2.24, 2.45) is 5.92 Å². The minimum absolute atomic E-state index is 0.226. The van der Waals surface area contributed by atoms with E-state index in [1.54, 1.807) is 0 Å². The van der Waals surface area contributed by atoms with Crippen LogP contribution >= 0.6 is 0 Å². The van der Waals surface area contributed by atoms with Gasteiger partial charge in [-0.2, -0.15) is 0 Å². The first-order valence-electron chi connectivity index (χ1n) is 21.5. The lowest BCUT2D eigenvalue weighted by Crippen LogP contribution is -2.17. The molecule has 0 saturated carbocycles. The molecule has 2 aromatic heterocycles. The van der Waals surface area contributed by atoms with E-state index >= 15 is 0 Å². The topological polar surface area (TPSA) is 51.8 Å². The number of fused-ring (bicyclic) bond motifs is 9. The van der Waals surface area contributed by atoms with Crippen molar-refractivity contribution in [2.45, 2.75) is 25.7 Å². The number of benzene rings is 7. The van der Waals surface area contributed by atoms with Gasteiger partial charge in [-0.25, -0.2) is 15.0 Å². The van der Waals surface area contributed by atoms with Gasteiger partial charge in [-0.15, -0.1) is 0 Å². The Morgan fingerprint density at radius 1 is 0.548 bits per heavy atom. The number of furan rings is 1. The van der Waals surface area contributed by atoms with Crippen LogP contribution in [0.15, 0.2) is 192 Å². The van der Waals surface area contributed by atoms with Crippen LogP contribution in [0.25, 0.3) is 101 Å². The number of hydrogen-bond donors (Lipinski definition) is 0. The van der Waals surface area contributed by atoms with E-state index in [4.69, 9.17) is 19.4 Å². The Bertz CT molecular complexity index is 3520. The van der Waals surface area contributed by atoms with Gasteiger partial charge < -0.3 is 4.42 Å². The maximum atomic E-state index is 6.59. The largest absolute Gasteiger partial charge is 0.456 e. The molecule has 4 heteroatoms. The van der Waals surface area contributed by atoms with Crippen LogP contribution in [0.2, 0.25) is 0 Å². The summed E-state index contributed by atoms with van der Waals surface area (Å²) in [6.07, 6.45) is 12.6. The highest BCUT2D eigenvalue weighted by atomic mass is 16.3. The molecule has 4 aliphatic rings. The van der Waals surface area contributed by atoms with E-state index in [0.29, 0.717) is 23.4 Å². The molecule has 9 aromatic rings. The highest BCUT2D eigenvalue weighted by molar-refractivity contribution is 6.14. The summed E-state index contributed by atoms with van der Waals surface area (Å²) >= 11 is 0. The first kappa shape index (κ1) is 35.1. The monoisotopic (exact) mass is 793 g/mol. The smallest absolute Gasteiger partial charge is 0.164 e. The molecule has 0 bridgehead atoms. The van der Waals surface area contributed by atoms with Gasteiger partial charge in [-0.1, -0.05) is 172 Å². The Balaban J connectivity index is 0.957. The van der Waals surface area contributed by atoms with Crippen LogP contribution in [0.1, 0.15) is 42.5 Å². The lowest BCUT2D eigenvalue weighted by Gasteiger charge is -2.24. The molecule has 0 saturated heterocycles. The van der Waals surface area contributed by atoms with E-state index in [2.05, 4.69) is 178 Å². The van der Waals surface area contributed by atoms with Gasteiger partial charge in [0.05, 0.1) is 0 Å². The van der Waals surface area contributed by atoms with Crippen molar-refractivity contribution in [3.63, 3.8) is 0 Å². The number of hydrogen-bond acceptors (Lipinski definition) is 4. The normalized spacial score (nSPS) is 16.4. The van der Waals surface area contributed by atoms with Crippen LogP contribution in [0.4, 0.5) is 0 Å². The molecule has 7 aromatic carbocycles. The molecule has 13 rings (SSSR count). The van der Waals surface area contributed by atoms with Crippen molar-refractivity contribution in [1.82, 2.24) is 15.0 Å². The zero-order valence-corrected chi connectivity index (χ0v) is 34.4. The summed E-state index contributed by atoms with van der Waals surface area (Å²) in [7, 11) is 0. The van der Waals surface area contributed by atoms with E-state index in [1.807, 2.05) is 18.2 Å². The molecule has 1 unspecified atom stereocenters. The lowest BCUT2D eigenvalue weighted by atomic mass is 9.80. The summed E-state index contributed by atoms with van der Waals surface area (Å²) in [4.78, 5) is 15.7. The molecule has 4 nitrogen and oxygen atoms in total. The van der Waals surface area contributed by atoms with Crippen molar-refractivity contribution in [3.05, 3.63) is 210 Å². The summed E-state index contributed by atoms with van der Waals surface area (Å²) < 4.78 is 6.59. The van der Waals surface area contributed by atoms with Gasteiger partial charge in [0.15, 0.2) is 17.5 Å². The van der Waals surface area contributed by atoms with E-state index in [1.165, 1.54) is 61.2 Å². The van der Waals surface area contributed by atoms with Crippen LogP contribution in [0.5, 0.6) is 0 Å². The summed E-state index contributed by atoms with van der Waals surface area (Å²) in [5, 5.41) is 2.19. The summed E-state index contributed by atoms with van der Waals surface area (Å²) in [5.74, 6) is 2.38. The summed E-state index contributed by atoms with van der Waals surface area (Å²) in [5.41, 5.74) is 20.9. The number of allylic oxidation sites excluding steroid dienone is 8. The van der Waals surface area contributed by atoms with E-state index in [0.717, 1.165) is 56.2 Å². The molecule has 0 amide bonds. The fourth-order valence-electron chi connectivity index (χ4n) is 10.8. The second-order valence-corrected chi connectivity index (χ2v) is 17.4. The molecular formula is C58H39N3O. The maximum absolute atomic E-state index is 6.59. The van der Waals surface area contributed by atoms with Crippen LogP contribution in [0.3, 0.4) is 0 Å². The Labute approximate surface area is 360 Å². The van der Waals surface area contributed by atoms with Gasteiger partial charge in [-0.3, -0.25) is 0 Å². The first-order chi connectivity index (χ1) is 30.5. The Kier molecular flexibility index (Phi) is 7.45. The van der Waals surface area contributed by atoms with Gasteiger partial charge >= 0.3 is 0 Å². The van der Waals surface area contributed by atoms with Crippen LogP contribution in [-0.4, -0.2) is 15.0 Å². The third-order valence-corrected chi connectivity index (χ3v) is 13.6. The zero-order chi connectivity index (χ0) is 41.1. The van der Waals surface area contributed by atoms with Gasteiger partial charge in [-0.05, 0) is 103 Å². The molecule has 2 heterocycles. The molecule has 62 heavy (non-hydrogen) atoms. The minimum atomic E-state index is -0.226. The number of aromatic nitrogens is 3. The molecule has 4 aliphatic carbocycles. The maximum Gasteiger partial charge on any atom is 0.164 e. The van der Waals surface area contributed by atoms with Crippen molar-refractivity contribution >= 4 is 33.1 Å². The van der Waals surface area contributed by atoms with Crippen LogP contribution in [-0.2, 0) is 5.41 Å². The van der Waals surface area contributed by atoms with E-state index < -0.39 is 0 Å².